The Morgan fingerprint density at radius 1 is 1.40 bits per heavy atom. The highest BCUT2D eigenvalue weighted by molar-refractivity contribution is 5.99. The molecule has 1 aromatic rings. The van der Waals surface area contributed by atoms with Crippen LogP contribution in [0.4, 0.5) is 5.69 Å². The zero-order chi connectivity index (χ0) is 13.9. The molecule has 2 aliphatic rings. The van der Waals surface area contributed by atoms with Gasteiger partial charge in [-0.1, -0.05) is 0 Å². The Labute approximate surface area is 119 Å². The fourth-order valence-electron chi connectivity index (χ4n) is 3.41. The lowest BCUT2D eigenvalue weighted by molar-refractivity contribution is 0.0897. The van der Waals surface area contributed by atoms with Crippen molar-refractivity contribution in [2.45, 2.75) is 37.8 Å². The maximum absolute atomic E-state index is 12.4. The van der Waals surface area contributed by atoms with E-state index in [1.807, 2.05) is 7.05 Å². The Bertz CT molecular complexity index is 491. The van der Waals surface area contributed by atoms with Gasteiger partial charge in [0.2, 0.25) is 0 Å². The average Bonchev–Trinajstić information content (AvgIpc) is 2.94. The van der Waals surface area contributed by atoms with E-state index >= 15 is 0 Å². The lowest BCUT2D eigenvalue weighted by Gasteiger charge is -2.35. The van der Waals surface area contributed by atoms with Gasteiger partial charge in [-0.25, -0.2) is 0 Å². The number of nitrogens with one attached hydrogen (secondary N) is 2. The van der Waals surface area contributed by atoms with Crippen molar-refractivity contribution in [2.24, 2.45) is 0 Å². The second-order valence-corrected chi connectivity index (χ2v) is 5.70. The third-order valence-corrected chi connectivity index (χ3v) is 4.49. The monoisotopic (exact) mass is 274 g/mol. The molecule has 0 saturated carbocycles. The Balaban J connectivity index is 1.64. The van der Waals surface area contributed by atoms with Crippen molar-refractivity contribution in [3.05, 3.63) is 24.0 Å². The summed E-state index contributed by atoms with van der Waals surface area (Å²) in [7, 11) is 1.81. The summed E-state index contributed by atoms with van der Waals surface area (Å²) in [5.74, 6) is 0.00759. The Morgan fingerprint density at radius 2 is 2.30 bits per heavy atom. The maximum Gasteiger partial charge on any atom is 0.253 e. The van der Waals surface area contributed by atoms with Gasteiger partial charge in [0.15, 0.2) is 0 Å². The van der Waals surface area contributed by atoms with Crippen molar-refractivity contribution in [3.63, 3.8) is 0 Å². The number of aromatic nitrogens is 1. The van der Waals surface area contributed by atoms with Gasteiger partial charge in [0, 0.05) is 31.9 Å². The lowest BCUT2D eigenvalue weighted by atomic mass is 9.97. The van der Waals surface area contributed by atoms with Crippen LogP contribution >= 0.6 is 0 Å². The first-order valence-electron chi connectivity index (χ1n) is 7.44. The number of hydrogen-bond acceptors (Lipinski definition) is 4. The van der Waals surface area contributed by atoms with E-state index in [2.05, 4.69) is 20.5 Å². The summed E-state index contributed by atoms with van der Waals surface area (Å²) in [6.07, 6.45) is 8.08. The van der Waals surface area contributed by atoms with Crippen LogP contribution in [0.15, 0.2) is 18.5 Å². The van der Waals surface area contributed by atoms with E-state index in [-0.39, 0.29) is 5.91 Å². The van der Waals surface area contributed by atoms with Gasteiger partial charge in [-0.3, -0.25) is 9.78 Å². The van der Waals surface area contributed by atoms with Crippen LogP contribution in [0.5, 0.6) is 0 Å². The van der Waals surface area contributed by atoms with Gasteiger partial charge in [-0.05, 0) is 38.3 Å². The fourth-order valence-corrected chi connectivity index (χ4v) is 3.41. The van der Waals surface area contributed by atoms with Gasteiger partial charge in [-0.2, -0.15) is 0 Å². The average molecular weight is 274 g/mol. The zero-order valence-corrected chi connectivity index (χ0v) is 11.9. The fraction of sp³-hybridized carbons (Fsp3) is 0.600. The summed E-state index contributed by atoms with van der Waals surface area (Å²) in [4.78, 5) is 19.0. The number of hydrogen-bond donors (Lipinski definition) is 2. The van der Waals surface area contributed by atoms with Crippen LogP contribution in [0.3, 0.4) is 0 Å². The van der Waals surface area contributed by atoms with Crippen LogP contribution in [0.1, 0.15) is 36.0 Å². The van der Waals surface area contributed by atoms with Gasteiger partial charge in [0.05, 0.1) is 17.4 Å². The van der Waals surface area contributed by atoms with Crippen molar-refractivity contribution in [1.29, 1.82) is 0 Å². The van der Waals surface area contributed by atoms with Crippen molar-refractivity contribution in [3.8, 4) is 0 Å². The van der Waals surface area contributed by atoms with Gasteiger partial charge in [0.25, 0.3) is 5.91 Å². The van der Waals surface area contributed by atoms with Gasteiger partial charge in [-0.15, -0.1) is 0 Å². The Hall–Kier alpha value is -1.62. The smallest absolute Gasteiger partial charge is 0.253 e. The van der Waals surface area contributed by atoms with E-state index in [9.17, 15) is 4.79 Å². The largest absolute Gasteiger partial charge is 0.386 e. The number of nitrogens with zero attached hydrogens (tertiary/aromatic N) is 2. The number of piperidine rings is 1. The molecule has 20 heavy (non-hydrogen) atoms. The van der Waals surface area contributed by atoms with Gasteiger partial charge >= 0.3 is 0 Å². The summed E-state index contributed by atoms with van der Waals surface area (Å²) in [5, 5.41) is 6.21. The minimum Gasteiger partial charge on any atom is -0.386 e. The van der Waals surface area contributed by atoms with Crippen LogP contribution in [-0.2, 0) is 0 Å². The molecule has 108 valence electrons. The van der Waals surface area contributed by atoms with Crippen molar-refractivity contribution >= 4 is 11.6 Å². The molecule has 3 rings (SSSR count). The second-order valence-electron chi connectivity index (χ2n) is 5.70. The van der Waals surface area contributed by atoms with Crippen molar-refractivity contribution in [1.82, 2.24) is 15.2 Å². The van der Waals surface area contributed by atoms with Crippen LogP contribution < -0.4 is 10.6 Å². The molecule has 2 fully saturated rings. The van der Waals surface area contributed by atoms with E-state index in [0.29, 0.717) is 17.6 Å². The molecule has 1 aromatic heterocycles. The molecule has 0 aliphatic carbocycles. The molecule has 0 bridgehead atoms. The van der Waals surface area contributed by atoms with E-state index < -0.39 is 0 Å². The minimum atomic E-state index is 0.00759. The quantitative estimate of drug-likeness (QED) is 0.876. The Morgan fingerprint density at radius 3 is 3.15 bits per heavy atom. The number of carbonyl (C=O) groups is 1. The SMILES string of the molecule is CNc1cnccc1C(=O)NC1CCN2CCCC2C1. The molecule has 2 saturated heterocycles. The number of amides is 1. The first-order chi connectivity index (χ1) is 9.78. The van der Waals surface area contributed by atoms with Crippen LogP contribution in [0, 0.1) is 0 Å². The summed E-state index contributed by atoms with van der Waals surface area (Å²) in [5.41, 5.74) is 1.46. The number of pyridine rings is 1. The van der Waals surface area contributed by atoms with Crippen LogP contribution in [0.25, 0.3) is 0 Å². The zero-order valence-electron chi connectivity index (χ0n) is 11.9. The topological polar surface area (TPSA) is 57.3 Å². The van der Waals surface area contributed by atoms with E-state index in [1.165, 1.54) is 19.4 Å². The number of fused-ring (bicyclic) bond motifs is 1. The molecule has 0 radical (unpaired) electrons. The van der Waals surface area contributed by atoms with E-state index in [1.54, 1.807) is 18.5 Å². The van der Waals surface area contributed by atoms with Crippen molar-refractivity contribution < 1.29 is 4.79 Å². The highest BCUT2D eigenvalue weighted by Crippen LogP contribution is 2.27. The molecule has 5 heteroatoms. The third-order valence-electron chi connectivity index (χ3n) is 4.49. The van der Waals surface area contributed by atoms with Gasteiger partial charge < -0.3 is 15.5 Å². The molecular weight excluding hydrogens is 252 g/mol. The Kier molecular flexibility index (Phi) is 3.87. The maximum atomic E-state index is 12.4. The van der Waals surface area contributed by atoms with Crippen LogP contribution in [-0.4, -0.2) is 48.0 Å². The van der Waals surface area contributed by atoms with E-state index in [0.717, 1.165) is 25.1 Å². The van der Waals surface area contributed by atoms with E-state index in [4.69, 9.17) is 0 Å². The predicted octanol–water partition coefficient (Wildman–Crippen LogP) is 1.48. The molecule has 0 spiro atoms. The minimum absolute atomic E-state index is 0.00759. The third kappa shape index (κ3) is 2.63. The highest BCUT2D eigenvalue weighted by atomic mass is 16.1. The predicted molar refractivity (Wildman–Crippen MR) is 78.9 cm³/mol. The van der Waals surface area contributed by atoms with Gasteiger partial charge in [0.1, 0.15) is 0 Å². The molecule has 2 atom stereocenters. The molecule has 2 unspecified atom stereocenters. The first kappa shape index (κ1) is 13.4. The normalized spacial score (nSPS) is 26.1. The standard InChI is InChI=1S/C15H22N4O/c1-16-14-10-17-6-4-13(14)15(20)18-11-5-8-19-7-2-3-12(19)9-11/h4,6,10-12,16H,2-3,5,7-9H2,1H3,(H,18,20). The molecule has 2 N–H and O–H groups in total. The molecule has 0 aromatic carbocycles. The highest BCUT2D eigenvalue weighted by Gasteiger charge is 2.32. The first-order valence-corrected chi connectivity index (χ1v) is 7.44. The summed E-state index contributed by atoms with van der Waals surface area (Å²) < 4.78 is 0. The van der Waals surface area contributed by atoms with Crippen molar-refractivity contribution in [2.75, 3.05) is 25.5 Å². The molecule has 3 heterocycles. The molecular formula is C15H22N4O. The summed E-state index contributed by atoms with van der Waals surface area (Å²) in [6, 6.07) is 2.75. The number of carbonyl (C=O) groups excluding carboxylic acids is 1. The molecule has 1 amide bonds. The van der Waals surface area contributed by atoms with Crippen LogP contribution in [0.2, 0.25) is 0 Å². The summed E-state index contributed by atoms with van der Waals surface area (Å²) in [6.45, 7) is 2.35. The number of rotatable bonds is 3. The molecule has 2 aliphatic heterocycles. The molecule has 5 nitrogen and oxygen atoms in total. The summed E-state index contributed by atoms with van der Waals surface area (Å²) >= 11 is 0. The number of anilines is 1. The second kappa shape index (κ2) is 5.79. The lowest BCUT2D eigenvalue weighted by Crippen LogP contribution is -2.47.